The Morgan fingerprint density at radius 3 is 2.78 bits per heavy atom. The van der Waals surface area contributed by atoms with Crippen molar-refractivity contribution in [2.24, 2.45) is 0 Å². The van der Waals surface area contributed by atoms with E-state index < -0.39 is 5.97 Å². The predicted octanol–water partition coefficient (Wildman–Crippen LogP) is -0.627. The highest BCUT2D eigenvalue weighted by Crippen LogP contribution is 1.68. The van der Waals surface area contributed by atoms with Crippen LogP contribution < -0.4 is 5.32 Å². The molecule has 2 N–H and O–H groups in total. The third kappa shape index (κ3) is 6.68. The lowest BCUT2D eigenvalue weighted by atomic mass is 10.5. The van der Waals surface area contributed by atoms with Crippen molar-refractivity contribution in [2.45, 2.75) is 0 Å². The number of carboxylic acids is 1. The van der Waals surface area contributed by atoms with Crippen molar-refractivity contribution >= 4 is 12.4 Å². The lowest BCUT2D eigenvalue weighted by molar-refractivity contribution is -0.131. The first-order valence-electron chi connectivity index (χ1n) is 2.34. The number of nitrogens with one attached hydrogen (secondary N) is 1. The van der Waals surface area contributed by atoms with E-state index in [9.17, 15) is 9.59 Å². The molecular formula is C5H7NO3. The van der Waals surface area contributed by atoms with Crippen molar-refractivity contribution in [3.8, 4) is 0 Å². The summed E-state index contributed by atoms with van der Waals surface area (Å²) in [4.78, 5) is 19.3. The van der Waals surface area contributed by atoms with Gasteiger partial charge in [0.05, 0.1) is 0 Å². The summed E-state index contributed by atoms with van der Waals surface area (Å²) in [6, 6.07) is 0. The molecule has 0 aromatic heterocycles. The van der Waals surface area contributed by atoms with Gasteiger partial charge in [-0.3, -0.25) is 4.79 Å². The highest BCUT2D eigenvalue weighted by Gasteiger charge is 1.81. The molecule has 50 valence electrons. The van der Waals surface area contributed by atoms with Gasteiger partial charge in [0.25, 0.3) is 0 Å². The highest BCUT2D eigenvalue weighted by atomic mass is 16.4. The number of rotatable bonds is 4. The molecule has 0 aliphatic heterocycles. The maximum atomic E-state index is 9.76. The summed E-state index contributed by atoms with van der Waals surface area (Å²) in [7, 11) is 0. The fourth-order valence-corrected chi connectivity index (χ4v) is 0.276. The van der Waals surface area contributed by atoms with E-state index in [2.05, 4.69) is 5.32 Å². The van der Waals surface area contributed by atoms with Crippen molar-refractivity contribution in [3.05, 3.63) is 12.2 Å². The molecule has 0 atom stereocenters. The summed E-state index contributed by atoms with van der Waals surface area (Å²) in [5, 5.41) is 10.3. The molecule has 1 amide bonds. The highest BCUT2D eigenvalue weighted by molar-refractivity contribution is 5.79. The molecule has 0 saturated heterocycles. The average molecular weight is 129 g/mol. The molecule has 0 radical (unpaired) electrons. The Kier molecular flexibility index (Phi) is 4.12. The van der Waals surface area contributed by atoms with Gasteiger partial charge in [-0.1, -0.05) is 6.08 Å². The molecule has 0 saturated carbocycles. The van der Waals surface area contributed by atoms with Crippen molar-refractivity contribution in [1.29, 1.82) is 0 Å². The molecule has 0 aliphatic carbocycles. The van der Waals surface area contributed by atoms with E-state index in [1.165, 1.54) is 6.08 Å². The Balaban J connectivity index is 3.24. The zero-order valence-corrected chi connectivity index (χ0v) is 4.70. The Morgan fingerprint density at radius 2 is 2.33 bits per heavy atom. The second kappa shape index (κ2) is 4.83. The quantitative estimate of drug-likeness (QED) is 0.302. The van der Waals surface area contributed by atoms with E-state index in [0.29, 0.717) is 6.41 Å². The van der Waals surface area contributed by atoms with Crippen molar-refractivity contribution in [2.75, 3.05) is 6.54 Å². The van der Waals surface area contributed by atoms with Crippen LogP contribution in [0.3, 0.4) is 0 Å². The fraction of sp³-hybridized carbons (Fsp3) is 0.200. The minimum Gasteiger partial charge on any atom is -0.478 e. The molecule has 0 aromatic rings. The molecular weight excluding hydrogens is 122 g/mol. The number of aliphatic carboxylic acids is 1. The van der Waals surface area contributed by atoms with Crippen LogP contribution in [0.15, 0.2) is 12.2 Å². The van der Waals surface area contributed by atoms with E-state index in [-0.39, 0.29) is 6.54 Å². The SMILES string of the molecule is O=CNCC=CC(=O)O. The maximum absolute atomic E-state index is 9.76. The molecule has 0 fully saturated rings. The first-order chi connectivity index (χ1) is 4.27. The minimum atomic E-state index is -1.01. The van der Waals surface area contributed by atoms with Crippen LogP contribution in [0.5, 0.6) is 0 Å². The molecule has 0 bridgehead atoms. The topological polar surface area (TPSA) is 66.4 Å². The van der Waals surface area contributed by atoms with Crippen LogP contribution >= 0.6 is 0 Å². The summed E-state index contributed by atoms with van der Waals surface area (Å²) in [5.41, 5.74) is 0. The van der Waals surface area contributed by atoms with Gasteiger partial charge in [-0.25, -0.2) is 4.79 Å². The lowest BCUT2D eigenvalue weighted by Crippen LogP contribution is -2.09. The standard InChI is InChI=1S/C5H7NO3/c7-4-6-3-1-2-5(8)9/h1-2,4H,3H2,(H,6,7)(H,8,9). The van der Waals surface area contributed by atoms with Gasteiger partial charge in [-0.05, 0) is 0 Å². The molecule has 0 rings (SSSR count). The number of carbonyl (C=O) groups is 2. The second-order valence-corrected chi connectivity index (χ2v) is 1.27. The van der Waals surface area contributed by atoms with E-state index >= 15 is 0 Å². The van der Waals surface area contributed by atoms with Crippen LogP contribution in [0, 0.1) is 0 Å². The number of amides is 1. The van der Waals surface area contributed by atoms with Crippen LogP contribution in [0.25, 0.3) is 0 Å². The van der Waals surface area contributed by atoms with Crippen molar-refractivity contribution in [3.63, 3.8) is 0 Å². The third-order valence-electron chi connectivity index (χ3n) is 0.579. The zero-order valence-electron chi connectivity index (χ0n) is 4.70. The summed E-state index contributed by atoms with van der Waals surface area (Å²) in [5.74, 6) is -1.01. The first-order valence-corrected chi connectivity index (χ1v) is 2.34. The lowest BCUT2D eigenvalue weighted by Gasteiger charge is -1.84. The van der Waals surface area contributed by atoms with Crippen LogP contribution in [0.2, 0.25) is 0 Å². The first kappa shape index (κ1) is 7.68. The summed E-state index contributed by atoms with van der Waals surface area (Å²) < 4.78 is 0. The monoisotopic (exact) mass is 129 g/mol. The fourth-order valence-electron chi connectivity index (χ4n) is 0.276. The molecule has 0 aliphatic rings. The maximum Gasteiger partial charge on any atom is 0.328 e. The number of carboxylic acid groups (broad SMARTS) is 1. The summed E-state index contributed by atoms with van der Waals surface area (Å²) in [6.45, 7) is 0.260. The van der Waals surface area contributed by atoms with Gasteiger partial charge in [-0.15, -0.1) is 0 Å². The van der Waals surface area contributed by atoms with Crippen molar-refractivity contribution < 1.29 is 14.7 Å². The van der Waals surface area contributed by atoms with Gasteiger partial charge in [-0.2, -0.15) is 0 Å². The number of hydrogen-bond acceptors (Lipinski definition) is 2. The largest absolute Gasteiger partial charge is 0.478 e. The molecule has 4 nitrogen and oxygen atoms in total. The normalized spacial score (nSPS) is 9.33. The smallest absolute Gasteiger partial charge is 0.328 e. The molecule has 0 unspecified atom stereocenters. The van der Waals surface area contributed by atoms with Crippen LogP contribution in [0.1, 0.15) is 0 Å². The van der Waals surface area contributed by atoms with E-state index in [0.717, 1.165) is 6.08 Å². The molecule has 0 spiro atoms. The average Bonchev–Trinajstić information content (AvgIpc) is 1.80. The zero-order chi connectivity index (χ0) is 7.11. The van der Waals surface area contributed by atoms with E-state index in [4.69, 9.17) is 5.11 Å². The van der Waals surface area contributed by atoms with Gasteiger partial charge in [0.2, 0.25) is 6.41 Å². The minimum absolute atomic E-state index is 0.260. The Bertz CT molecular complexity index is 130. The van der Waals surface area contributed by atoms with E-state index in [1.54, 1.807) is 0 Å². The summed E-state index contributed by atoms with van der Waals surface area (Å²) >= 11 is 0. The molecule has 9 heavy (non-hydrogen) atoms. The molecule has 4 heteroatoms. The van der Waals surface area contributed by atoms with Crippen LogP contribution in [0.4, 0.5) is 0 Å². The van der Waals surface area contributed by atoms with E-state index in [1.807, 2.05) is 0 Å². The summed E-state index contributed by atoms with van der Waals surface area (Å²) in [6.07, 6.45) is 2.82. The van der Waals surface area contributed by atoms with Gasteiger partial charge < -0.3 is 10.4 Å². The second-order valence-electron chi connectivity index (χ2n) is 1.27. The predicted molar refractivity (Wildman–Crippen MR) is 30.8 cm³/mol. The van der Waals surface area contributed by atoms with Gasteiger partial charge in [0.1, 0.15) is 0 Å². The number of hydrogen-bond donors (Lipinski definition) is 2. The Hall–Kier alpha value is -1.32. The van der Waals surface area contributed by atoms with Gasteiger partial charge in [0.15, 0.2) is 0 Å². The van der Waals surface area contributed by atoms with Gasteiger partial charge in [0, 0.05) is 12.6 Å². The Morgan fingerprint density at radius 1 is 1.67 bits per heavy atom. The van der Waals surface area contributed by atoms with Gasteiger partial charge >= 0.3 is 5.97 Å². The Labute approximate surface area is 52.2 Å². The van der Waals surface area contributed by atoms with Crippen LogP contribution in [-0.2, 0) is 9.59 Å². The molecule has 0 aromatic carbocycles. The number of carbonyl (C=O) groups excluding carboxylic acids is 1. The van der Waals surface area contributed by atoms with Crippen molar-refractivity contribution in [1.82, 2.24) is 5.32 Å². The molecule has 0 heterocycles. The third-order valence-corrected chi connectivity index (χ3v) is 0.579. The van der Waals surface area contributed by atoms with Crippen LogP contribution in [-0.4, -0.2) is 24.0 Å².